The summed E-state index contributed by atoms with van der Waals surface area (Å²) < 4.78 is 12.2. The minimum atomic E-state index is -0.343. The van der Waals surface area contributed by atoms with E-state index in [0.717, 1.165) is 68.1 Å². The van der Waals surface area contributed by atoms with Gasteiger partial charge in [-0.25, -0.2) is 0 Å². The van der Waals surface area contributed by atoms with Crippen LogP contribution in [0.4, 0.5) is 0 Å². The Morgan fingerprint density at radius 2 is 1.32 bits per heavy atom. The van der Waals surface area contributed by atoms with Crippen molar-refractivity contribution in [2.45, 2.75) is 151 Å². The molecule has 7 unspecified atom stereocenters. The van der Waals surface area contributed by atoms with Crippen molar-refractivity contribution < 1.29 is 19.1 Å². The Labute approximate surface area is 233 Å². The summed E-state index contributed by atoms with van der Waals surface area (Å²) in [6.07, 6.45) is 14.1. The second-order valence-corrected chi connectivity index (χ2v) is 15.4. The predicted molar refractivity (Wildman–Crippen MR) is 153 cm³/mol. The van der Waals surface area contributed by atoms with Gasteiger partial charge in [-0.05, 0) is 140 Å². The van der Waals surface area contributed by atoms with Gasteiger partial charge in [0, 0.05) is 5.92 Å². The Kier molecular flexibility index (Phi) is 8.45. The maximum atomic E-state index is 12.7. The fourth-order valence-corrected chi connectivity index (χ4v) is 9.00. The molecule has 0 radical (unpaired) electrons. The molecule has 0 spiro atoms. The number of carbonyl (C=O) groups is 2. The Morgan fingerprint density at radius 1 is 0.789 bits per heavy atom. The molecule has 0 N–H and O–H groups in total. The summed E-state index contributed by atoms with van der Waals surface area (Å²) in [7, 11) is 0. The number of rotatable bonds is 8. The molecule has 0 heterocycles. The van der Waals surface area contributed by atoms with Crippen LogP contribution < -0.4 is 0 Å². The van der Waals surface area contributed by atoms with E-state index in [0.29, 0.717) is 11.8 Å². The molecule has 5 saturated carbocycles. The molecule has 38 heavy (non-hydrogen) atoms. The summed E-state index contributed by atoms with van der Waals surface area (Å²) in [5.41, 5.74) is -0.980. The van der Waals surface area contributed by atoms with Crippen LogP contribution in [0, 0.1) is 52.3 Å². The smallest absolute Gasteiger partial charge is 0.312 e. The molecular weight excluding hydrogens is 472 g/mol. The lowest BCUT2D eigenvalue weighted by atomic mass is 9.65. The topological polar surface area (TPSA) is 52.6 Å². The van der Waals surface area contributed by atoms with Crippen LogP contribution in [-0.4, -0.2) is 23.1 Å². The van der Waals surface area contributed by atoms with Gasteiger partial charge < -0.3 is 9.47 Å². The largest absolute Gasteiger partial charge is 0.458 e. The highest BCUT2D eigenvalue weighted by molar-refractivity contribution is 5.76. The van der Waals surface area contributed by atoms with Gasteiger partial charge in [0.1, 0.15) is 11.2 Å². The average Bonchev–Trinajstić information content (AvgIpc) is 3.70. The fraction of sp³-hybridized carbons (Fsp3) is 0.941. The quantitative estimate of drug-likeness (QED) is 0.232. The molecule has 218 valence electrons. The van der Waals surface area contributed by atoms with E-state index in [1.807, 2.05) is 34.6 Å². The summed E-state index contributed by atoms with van der Waals surface area (Å²) in [6, 6.07) is 0. The maximum Gasteiger partial charge on any atom is 0.312 e. The first kappa shape index (κ1) is 29.9. The van der Waals surface area contributed by atoms with Crippen LogP contribution in [0.25, 0.3) is 0 Å². The van der Waals surface area contributed by atoms with Crippen LogP contribution in [0.5, 0.6) is 0 Å². The molecule has 5 rings (SSSR count). The summed E-state index contributed by atoms with van der Waals surface area (Å²) in [6.45, 7) is 18.7. The number of esters is 2. The Bertz CT molecular complexity index is 866. The van der Waals surface area contributed by atoms with Crippen LogP contribution in [-0.2, 0) is 19.1 Å². The lowest BCUT2D eigenvalue weighted by Crippen LogP contribution is -2.49. The molecule has 4 heteroatoms. The summed E-state index contributed by atoms with van der Waals surface area (Å²) in [4.78, 5) is 24.9. The van der Waals surface area contributed by atoms with Gasteiger partial charge in [-0.3, -0.25) is 9.59 Å². The third-order valence-electron chi connectivity index (χ3n) is 12.5. The van der Waals surface area contributed by atoms with Crippen molar-refractivity contribution in [2.24, 2.45) is 52.3 Å². The van der Waals surface area contributed by atoms with Crippen LogP contribution in [0.15, 0.2) is 0 Å². The van der Waals surface area contributed by atoms with Gasteiger partial charge in [-0.15, -0.1) is 0 Å². The predicted octanol–water partition coefficient (Wildman–Crippen LogP) is 8.75. The first-order valence-electron chi connectivity index (χ1n) is 16.2. The maximum absolute atomic E-state index is 12.7. The summed E-state index contributed by atoms with van der Waals surface area (Å²) in [5, 5.41) is 0. The molecule has 0 amide bonds. The molecule has 0 aromatic carbocycles. The molecule has 0 aliphatic heterocycles. The van der Waals surface area contributed by atoms with Gasteiger partial charge >= 0.3 is 11.9 Å². The Balaban J connectivity index is 0.000000188. The third-order valence-corrected chi connectivity index (χ3v) is 12.5. The minimum Gasteiger partial charge on any atom is -0.458 e. The Morgan fingerprint density at radius 3 is 1.82 bits per heavy atom. The van der Waals surface area contributed by atoms with Crippen LogP contribution >= 0.6 is 0 Å². The molecule has 0 aromatic rings. The van der Waals surface area contributed by atoms with E-state index < -0.39 is 0 Å². The van der Waals surface area contributed by atoms with Crippen molar-refractivity contribution in [3.05, 3.63) is 0 Å². The summed E-state index contributed by atoms with van der Waals surface area (Å²) >= 11 is 0. The van der Waals surface area contributed by atoms with Crippen LogP contribution in [0.3, 0.4) is 0 Å². The van der Waals surface area contributed by atoms with Gasteiger partial charge in [0.2, 0.25) is 0 Å². The first-order chi connectivity index (χ1) is 17.8. The average molecular weight is 531 g/mol. The standard InChI is InChI=1S/C20H32O2.C14H26O2/c1-5-19(3,4)18(21)22-20(6-2)11-14-10-15(20)17-13-8-7-12(9-13)16(14)17;1-6-13(4,5)12(15)16-14(11(2)3)9-7-8-10-14/h12-17H,5-11H2,1-4H3;11H,6-10H2,1-5H3. The van der Waals surface area contributed by atoms with E-state index in [9.17, 15) is 9.59 Å². The normalized spacial score (nSPS) is 36.7. The number of carbonyl (C=O) groups excluding carboxylic acids is 2. The van der Waals surface area contributed by atoms with E-state index >= 15 is 0 Å². The third kappa shape index (κ3) is 5.09. The van der Waals surface area contributed by atoms with Crippen molar-refractivity contribution in [3.8, 4) is 0 Å². The molecule has 7 atom stereocenters. The Hall–Kier alpha value is -1.06. The van der Waals surface area contributed by atoms with E-state index in [1.54, 1.807) is 0 Å². The highest BCUT2D eigenvalue weighted by Gasteiger charge is 2.68. The van der Waals surface area contributed by atoms with Crippen molar-refractivity contribution in [1.82, 2.24) is 0 Å². The zero-order valence-electron chi connectivity index (χ0n) is 26.2. The van der Waals surface area contributed by atoms with E-state index in [2.05, 4.69) is 27.7 Å². The fourth-order valence-electron chi connectivity index (χ4n) is 9.00. The highest BCUT2D eigenvalue weighted by Crippen LogP contribution is 2.71. The zero-order valence-corrected chi connectivity index (χ0v) is 26.2. The number of fused-ring (bicyclic) bond motifs is 9. The number of ether oxygens (including phenoxy) is 2. The van der Waals surface area contributed by atoms with E-state index in [-0.39, 0.29) is 34.0 Å². The molecule has 5 fully saturated rings. The van der Waals surface area contributed by atoms with E-state index in [1.165, 1.54) is 38.5 Å². The van der Waals surface area contributed by atoms with Gasteiger partial charge in [0.05, 0.1) is 10.8 Å². The van der Waals surface area contributed by atoms with Gasteiger partial charge in [0.25, 0.3) is 0 Å². The van der Waals surface area contributed by atoms with E-state index in [4.69, 9.17) is 9.47 Å². The van der Waals surface area contributed by atoms with Crippen LogP contribution in [0.2, 0.25) is 0 Å². The second kappa shape index (κ2) is 10.7. The molecule has 5 aliphatic carbocycles. The highest BCUT2D eigenvalue weighted by atomic mass is 16.6. The molecule has 5 aliphatic rings. The van der Waals surface area contributed by atoms with Crippen molar-refractivity contribution in [1.29, 1.82) is 0 Å². The monoisotopic (exact) mass is 530 g/mol. The molecule has 4 bridgehead atoms. The lowest BCUT2D eigenvalue weighted by molar-refractivity contribution is -0.183. The molecular formula is C34H58O4. The minimum absolute atomic E-state index is 0.0226. The lowest BCUT2D eigenvalue weighted by Gasteiger charge is -2.46. The molecule has 4 nitrogen and oxygen atoms in total. The van der Waals surface area contributed by atoms with Crippen molar-refractivity contribution in [2.75, 3.05) is 0 Å². The SMILES string of the molecule is CCC(C)(C)C(=O)OC1(C(C)C)CCCC1.CCC(C)(C)C(=O)OC1(CC)CC2CC1C1C3CCC(C3)C21. The van der Waals surface area contributed by atoms with Crippen LogP contribution in [0.1, 0.15) is 139 Å². The first-order valence-corrected chi connectivity index (χ1v) is 16.2. The number of hydrogen-bond donors (Lipinski definition) is 0. The molecule has 0 saturated heterocycles. The zero-order chi connectivity index (χ0) is 28.1. The summed E-state index contributed by atoms with van der Waals surface area (Å²) in [5.74, 6) is 5.80. The molecule has 0 aromatic heterocycles. The second-order valence-electron chi connectivity index (χ2n) is 15.4. The van der Waals surface area contributed by atoms with Crippen molar-refractivity contribution >= 4 is 11.9 Å². The number of hydrogen-bond acceptors (Lipinski definition) is 4. The van der Waals surface area contributed by atoms with Crippen molar-refractivity contribution in [3.63, 3.8) is 0 Å². The van der Waals surface area contributed by atoms with Gasteiger partial charge in [-0.2, -0.15) is 0 Å². The van der Waals surface area contributed by atoms with Gasteiger partial charge in [-0.1, -0.05) is 34.6 Å². The van der Waals surface area contributed by atoms with Gasteiger partial charge in [0.15, 0.2) is 0 Å².